The van der Waals surface area contributed by atoms with Gasteiger partial charge in [0.15, 0.2) is 5.13 Å². The Bertz CT molecular complexity index is 1160. The largest absolute Gasteiger partial charge is 0.497 e. The summed E-state index contributed by atoms with van der Waals surface area (Å²) in [5, 5.41) is 0.536. The molecule has 4 rings (SSSR count). The molecule has 0 bridgehead atoms. The number of hydrogen-bond donors (Lipinski definition) is 0. The van der Waals surface area contributed by atoms with Gasteiger partial charge in [-0.05, 0) is 51.3 Å². The van der Waals surface area contributed by atoms with Crippen molar-refractivity contribution in [3.05, 3.63) is 53.6 Å². The SMILES string of the molecule is COc1ccc2sc(N(CCCN(C)C)C(=O)CN3C(=O)c4ccccc4C3=O)nc2c1.Cl. The molecule has 1 aliphatic heterocycles. The van der Waals surface area contributed by atoms with E-state index in [1.54, 1.807) is 36.3 Å². The van der Waals surface area contributed by atoms with Crippen LogP contribution in [-0.4, -0.2) is 73.3 Å². The highest BCUT2D eigenvalue weighted by molar-refractivity contribution is 7.22. The molecule has 10 heteroatoms. The Morgan fingerprint density at radius 3 is 2.33 bits per heavy atom. The average molecular weight is 489 g/mol. The summed E-state index contributed by atoms with van der Waals surface area (Å²) in [5.74, 6) is -0.544. The maximum atomic E-state index is 13.3. The normalized spacial score (nSPS) is 12.8. The molecule has 3 amide bonds. The number of benzene rings is 2. The minimum atomic E-state index is -0.443. The molecule has 2 aromatic carbocycles. The number of imide groups is 1. The van der Waals surface area contributed by atoms with Crippen LogP contribution in [0.4, 0.5) is 5.13 Å². The van der Waals surface area contributed by atoms with E-state index in [-0.39, 0.29) is 24.9 Å². The molecule has 0 fully saturated rings. The van der Waals surface area contributed by atoms with Gasteiger partial charge in [-0.2, -0.15) is 0 Å². The van der Waals surface area contributed by atoms with E-state index in [9.17, 15) is 14.4 Å². The summed E-state index contributed by atoms with van der Waals surface area (Å²) in [7, 11) is 5.53. The standard InChI is InChI=1S/C23H24N4O4S.ClH/c1-25(2)11-6-12-26(23-24-18-13-15(31-3)9-10-19(18)32-23)20(28)14-27-21(29)16-7-4-5-8-17(16)22(27)30;/h4-5,7-10,13H,6,11-12,14H2,1-3H3;1H. The molecule has 0 unspecified atom stereocenters. The summed E-state index contributed by atoms with van der Waals surface area (Å²) in [6.07, 6.45) is 0.722. The predicted octanol–water partition coefficient (Wildman–Crippen LogP) is 3.31. The van der Waals surface area contributed by atoms with Crippen molar-refractivity contribution < 1.29 is 19.1 Å². The monoisotopic (exact) mass is 488 g/mol. The van der Waals surface area contributed by atoms with Gasteiger partial charge in [0.1, 0.15) is 12.3 Å². The Hall–Kier alpha value is -3.01. The van der Waals surface area contributed by atoms with Crippen molar-refractivity contribution in [2.24, 2.45) is 0 Å². The van der Waals surface area contributed by atoms with Crippen molar-refractivity contribution in [1.82, 2.24) is 14.8 Å². The van der Waals surface area contributed by atoms with Gasteiger partial charge in [0, 0.05) is 12.6 Å². The first-order valence-electron chi connectivity index (χ1n) is 10.2. The maximum absolute atomic E-state index is 13.3. The van der Waals surface area contributed by atoms with Crippen molar-refractivity contribution >= 4 is 56.8 Å². The molecule has 1 aromatic heterocycles. The number of anilines is 1. The number of hydrogen-bond acceptors (Lipinski definition) is 7. The van der Waals surface area contributed by atoms with Crippen LogP contribution in [0.25, 0.3) is 10.2 Å². The highest BCUT2D eigenvalue weighted by Crippen LogP contribution is 2.32. The fraction of sp³-hybridized carbons (Fsp3) is 0.304. The number of carbonyl (C=O) groups is 3. The van der Waals surface area contributed by atoms with Crippen LogP contribution in [0.1, 0.15) is 27.1 Å². The van der Waals surface area contributed by atoms with E-state index in [1.165, 1.54) is 11.3 Å². The quantitative estimate of drug-likeness (QED) is 0.452. The molecule has 0 saturated heterocycles. The van der Waals surface area contributed by atoms with Gasteiger partial charge in [-0.15, -0.1) is 12.4 Å². The van der Waals surface area contributed by atoms with Crippen LogP contribution in [0.3, 0.4) is 0 Å². The second-order valence-corrected chi connectivity index (χ2v) is 8.78. The number of carbonyl (C=O) groups excluding carboxylic acids is 3. The van der Waals surface area contributed by atoms with Crippen molar-refractivity contribution in [2.75, 3.05) is 45.7 Å². The van der Waals surface area contributed by atoms with Gasteiger partial charge < -0.3 is 9.64 Å². The van der Waals surface area contributed by atoms with Gasteiger partial charge >= 0.3 is 0 Å². The first-order chi connectivity index (χ1) is 15.4. The number of thiazole rings is 1. The van der Waals surface area contributed by atoms with Crippen LogP contribution >= 0.6 is 23.7 Å². The van der Waals surface area contributed by atoms with Gasteiger partial charge in [0.25, 0.3) is 11.8 Å². The summed E-state index contributed by atoms with van der Waals surface area (Å²) >= 11 is 1.40. The lowest BCUT2D eigenvalue weighted by Gasteiger charge is -2.23. The highest BCUT2D eigenvalue weighted by atomic mass is 35.5. The Balaban J connectivity index is 0.00000306. The topological polar surface area (TPSA) is 83.0 Å². The molecule has 0 N–H and O–H groups in total. The number of aromatic nitrogens is 1. The van der Waals surface area contributed by atoms with Crippen LogP contribution in [-0.2, 0) is 4.79 Å². The zero-order valence-electron chi connectivity index (χ0n) is 18.6. The molecule has 33 heavy (non-hydrogen) atoms. The number of nitrogens with zero attached hydrogens (tertiary/aromatic N) is 4. The molecule has 3 aromatic rings. The van der Waals surface area contributed by atoms with Crippen molar-refractivity contribution in [1.29, 1.82) is 0 Å². The van der Waals surface area contributed by atoms with Crippen LogP contribution in [0.2, 0.25) is 0 Å². The van der Waals surface area contributed by atoms with Crippen molar-refractivity contribution in [2.45, 2.75) is 6.42 Å². The van der Waals surface area contributed by atoms with Gasteiger partial charge in [0.2, 0.25) is 5.91 Å². The summed E-state index contributed by atoms with van der Waals surface area (Å²) in [5.41, 5.74) is 1.39. The fourth-order valence-corrected chi connectivity index (χ4v) is 4.60. The average Bonchev–Trinajstić information content (AvgIpc) is 3.30. The van der Waals surface area contributed by atoms with E-state index < -0.39 is 11.8 Å². The molecule has 0 radical (unpaired) electrons. The Morgan fingerprint density at radius 2 is 1.73 bits per heavy atom. The summed E-state index contributed by atoms with van der Waals surface area (Å²) in [6, 6.07) is 12.2. The first-order valence-corrected chi connectivity index (χ1v) is 11.1. The number of halogens is 1. The number of fused-ring (bicyclic) bond motifs is 2. The second kappa shape index (κ2) is 10.3. The smallest absolute Gasteiger partial charge is 0.262 e. The molecule has 8 nitrogen and oxygen atoms in total. The van der Waals surface area contributed by atoms with Crippen LogP contribution in [0, 0.1) is 0 Å². The second-order valence-electron chi connectivity index (χ2n) is 7.77. The lowest BCUT2D eigenvalue weighted by Crippen LogP contribution is -2.43. The first kappa shape index (κ1) is 24.6. The maximum Gasteiger partial charge on any atom is 0.262 e. The lowest BCUT2D eigenvalue weighted by atomic mass is 10.1. The van der Waals surface area contributed by atoms with E-state index in [1.807, 2.05) is 37.2 Å². The van der Waals surface area contributed by atoms with Gasteiger partial charge in [-0.1, -0.05) is 23.5 Å². The summed E-state index contributed by atoms with van der Waals surface area (Å²) in [4.78, 5) is 48.0. The third-order valence-electron chi connectivity index (χ3n) is 5.27. The number of amides is 3. The molecule has 0 aliphatic carbocycles. The third kappa shape index (κ3) is 5.00. The molecular weight excluding hydrogens is 464 g/mol. The zero-order valence-corrected chi connectivity index (χ0v) is 20.2. The van der Waals surface area contributed by atoms with E-state index in [0.29, 0.717) is 28.6 Å². The number of rotatable bonds is 8. The van der Waals surface area contributed by atoms with E-state index in [2.05, 4.69) is 4.98 Å². The molecule has 1 aliphatic rings. The molecule has 2 heterocycles. The summed E-state index contributed by atoms with van der Waals surface area (Å²) in [6.45, 7) is 0.889. The minimum absolute atomic E-state index is 0. The minimum Gasteiger partial charge on any atom is -0.497 e. The molecular formula is C23H25ClN4O4S. The zero-order chi connectivity index (χ0) is 22.8. The Kier molecular flexibility index (Phi) is 7.68. The molecule has 174 valence electrons. The van der Waals surface area contributed by atoms with E-state index >= 15 is 0 Å². The molecule has 0 spiro atoms. The van der Waals surface area contributed by atoms with Gasteiger partial charge in [-0.3, -0.25) is 24.2 Å². The predicted molar refractivity (Wildman–Crippen MR) is 131 cm³/mol. The van der Waals surface area contributed by atoms with E-state index in [0.717, 1.165) is 28.1 Å². The van der Waals surface area contributed by atoms with Crippen LogP contribution in [0.15, 0.2) is 42.5 Å². The van der Waals surface area contributed by atoms with Crippen molar-refractivity contribution in [3.8, 4) is 5.75 Å². The highest BCUT2D eigenvalue weighted by Gasteiger charge is 2.37. The van der Waals surface area contributed by atoms with E-state index in [4.69, 9.17) is 4.74 Å². The van der Waals surface area contributed by atoms with Crippen molar-refractivity contribution in [3.63, 3.8) is 0 Å². The lowest BCUT2D eigenvalue weighted by molar-refractivity contribution is -0.119. The Morgan fingerprint density at radius 1 is 1.06 bits per heavy atom. The number of methoxy groups -OCH3 is 1. The fourth-order valence-electron chi connectivity index (χ4n) is 3.61. The van der Waals surface area contributed by atoms with Crippen LogP contribution in [0.5, 0.6) is 5.75 Å². The Labute approximate surface area is 202 Å². The van der Waals surface area contributed by atoms with Gasteiger partial charge in [0.05, 0.1) is 28.5 Å². The summed E-state index contributed by atoms with van der Waals surface area (Å²) < 4.78 is 6.19. The number of ether oxygens (including phenoxy) is 1. The van der Waals surface area contributed by atoms with Crippen LogP contribution < -0.4 is 9.64 Å². The van der Waals surface area contributed by atoms with Gasteiger partial charge in [-0.25, -0.2) is 4.98 Å². The molecule has 0 atom stereocenters. The molecule has 0 saturated carbocycles. The third-order valence-corrected chi connectivity index (χ3v) is 6.33.